The minimum atomic E-state index is -1.73. The van der Waals surface area contributed by atoms with Crippen LogP contribution in [0.4, 0.5) is 15.8 Å². The van der Waals surface area contributed by atoms with Gasteiger partial charge in [-0.25, -0.2) is 9.18 Å². The van der Waals surface area contributed by atoms with Crippen molar-refractivity contribution in [1.82, 2.24) is 0 Å². The van der Waals surface area contributed by atoms with E-state index < -0.39 is 23.1 Å². The first-order valence-corrected chi connectivity index (χ1v) is 9.67. The number of hydrogen-bond acceptors (Lipinski definition) is 6. The molecule has 154 valence electrons. The van der Waals surface area contributed by atoms with Crippen LogP contribution in [-0.2, 0) is 19.7 Å². The molecule has 0 saturated carbocycles. The van der Waals surface area contributed by atoms with Crippen molar-refractivity contribution in [3.8, 4) is 6.07 Å². The highest BCUT2D eigenvalue weighted by atomic mass is 35.5. The summed E-state index contributed by atoms with van der Waals surface area (Å²) in [5, 5.41) is 12.7. The molecule has 3 aliphatic heterocycles. The van der Waals surface area contributed by atoms with Gasteiger partial charge in [0.1, 0.15) is 29.7 Å². The molecule has 2 aromatic rings. The van der Waals surface area contributed by atoms with Gasteiger partial charge in [-0.2, -0.15) is 5.26 Å². The molecule has 0 aliphatic carbocycles. The summed E-state index contributed by atoms with van der Waals surface area (Å²) < 4.78 is 19.0. The molecule has 0 aromatic heterocycles. The van der Waals surface area contributed by atoms with E-state index in [2.05, 4.69) is 5.32 Å². The first-order chi connectivity index (χ1) is 14.8. The van der Waals surface area contributed by atoms with E-state index in [-0.39, 0.29) is 28.6 Å². The number of carbonyl (C=O) groups excluding carboxylic acids is 2. The van der Waals surface area contributed by atoms with Crippen LogP contribution in [0.1, 0.15) is 11.1 Å². The fourth-order valence-electron chi connectivity index (χ4n) is 4.49. The van der Waals surface area contributed by atoms with Crippen molar-refractivity contribution in [1.29, 1.82) is 5.26 Å². The Hall–Kier alpha value is -3.83. The smallest absolute Gasteiger partial charge is 0.338 e. The third-order valence-corrected chi connectivity index (χ3v) is 6.08. The molecule has 1 atom stereocenters. The van der Waals surface area contributed by atoms with Gasteiger partial charge in [-0.1, -0.05) is 29.3 Å². The molecule has 0 radical (unpaired) electrons. The molecule has 9 heteroatoms. The van der Waals surface area contributed by atoms with E-state index in [9.17, 15) is 19.2 Å². The van der Waals surface area contributed by atoms with Crippen LogP contribution < -0.4 is 16.0 Å². The molecule has 3 heterocycles. The number of cyclic esters (lactones) is 1. The van der Waals surface area contributed by atoms with Crippen LogP contribution in [-0.4, -0.2) is 18.5 Å². The molecule has 31 heavy (non-hydrogen) atoms. The van der Waals surface area contributed by atoms with Gasteiger partial charge in [-0.05, 0) is 31.2 Å². The van der Waals surface area contributed by atoms with Gasteiger partial charge in [0.05, 0.1) is 21.9 Å². The monoisotopic (exact) mass is 436 g/mol. The molecular formula is C22H14ClFN4O3. The third-order valence-electron chi connectivity index (χ3n) is 5.79. The van der Waals surface area contributed by atoms with Crippen molar-refractivity contribution in [3.63, 3.8) is 0 Å². The molecule has 1 spiro atoms. The second kappa shape index (κ2) is 6.33. The zero-order chi connectivity index (χ0) is 22.1. The standard InChI is InChI=1S/C22H14ClFN4O3/c1-10-2-5-16-12(6-10)22(21(30)27-16)13(8-25)19(26)28(17-9-31-20(29)18(17)22)11-3-4-15(24)14(23)7-11/h2-7H,9,26H2,1H3,(H,27,30)/t22-/m1/s1. The van der Waals surface area contributed by atoms with Gasteiger partial charge in [0.25, 0.3) is 0 Å². The van der Waals surface area contributed by atoms with Crippen molar-refractivity contribution < 1.29 is 18.7 Å². The molecule has 7 nitrogen and oxygen atoms in total. The minimum absolute atomic E-state index is 0.0144. The molecular weight excluding hydrogens is 423 g/mol. The maximum absolute atomic E-state index is 13.7. The Balaban J connectivity index is 1.86. The largest absolute Gasteiger partial charge is 0.456 e. The molecule has 3 N–H and O–H groups in total. The maximum Gasteiger partial charge on any atom is 0.338 e. The summed E-state index contributed by atoms with van der Waals surface area (Å²) in [4.78, 5) is 27.7. The summed E-state index contributed by atoms with van der Waals surface area (Å²) in [5.74, 6) is -1.98. The quantitative estimate of drug-likeness (QED) is 0.665. The molecule has 1 amide bonds. The van der Waals surface area contributed by atoms with Gasteiger partial charge in [-0.3, -0.25) is 9.69 Å². The lowest BCUT2D eigenvalue weighted by Crippen LogP contribution is -2.48. The number of benzene rings is 2. The number of esters is 1. The molecule has 3 aliphatic rings. The highest BCUT2D eigenvalue weighted by molar-refractivity contribution is 6.31. The number of halogens is 2. The van der Waals surface area contributed by atoms with Crippen LogP contribution in [0, 0.1) is 24.1 Å². The van der Waals surface area contributed by atoms with Crippen LogP contribution in [0.3, 0.4) is 0 Å². The molecule has 5 rings (SSSR count). The number of anilines is 2. The van der Waals surface area contributed by atoms with Crippen molar-refractivity contribution in [2.24, 2.45) is 5.73 Å². The molecule has 0 bridgehead atoms. The predicted molar refractivity (Wildman–Crippen MR) is 110 cm³/mol. The van der Waals surface area contributed by atoms with Crippen molar-refractivity contribution >= 4 is 34.9 Å². The van der Waals surface area contributed by atoms with Crippen molar-refractivity contribution in [3.05, 3.63) is 81.0 Å². The Labute approximate surface area is 181 Å². The predicted octanol–water partition coefficient (Wildman–Crippen LogP) is 3.00. The number of hydrogen-bond donors (Lipinski definition) is 2. The van der Waals surface area contributed by atoms with Gasteiger partial charge in [0.15, 0.2) is 0 Å². The molecule has 0 fully saturated rings. The second-order valence-corrected chi connectivity index (χ2v) is 7.86. The number of carbonyl (C=O) groups is 2. The summed E-state index contributed by atoms with van der Waals surface area (Å²) in [6.07, 6.45) is 0. The fraction of sp³-hybridized carbons (Fsp3) is 0.136. The van der Waals surface area contributed by atoms with Gasteiger partial charge < -0.3 is 15.8 Å². The summed E-state index contributed by atoms with van der Waals surface area (Å²) in [7, 11) is 0. The average molecular weight is 437 g/mol. The van der Waals surface area contributed by atoms with Gasteiger partial charge >= 0.3 is 5.97 Å². The maximum atomic E-state index is 13.7. The number of ether oxygens (including phenoxy) is 1. The highest BCUT2D eigenvalue weighted by Crippen LogP contribution is 2.54. The Morgan fingerprint density at radius 3 is 2.77 bits per heavy atom. The number of fused-ring (bicyclic) bond motifs is 3. The van der Waals surface area contributed by atoms with Crippen LogP contribution in [0.15, 0.2) is 59.1 Å². The normalized spacial score (nSPS) is 21.8. The lowest BCUT2D eigenvalue weighted by molar-refractivity contribution is -0.137. The van der Waals surface area contributed by atoms with E-state index in [4.69, 9.17) is 22.1 Å². The number of nitrogens with one attached hydrogen (secondary N) is 1. The van der Waals surface area contributed by atoms with Crippen LogP contribution in [0.2, 0.25) is 5.02 Å². The Morgan fingerprint density at radius 1 is 1.29 bits per heavy atom. The third kappa shape index (κ3) is 2.32. The number of amides is 1. The van der Waals surface area contributed by atoms with Gasteiger partial charge in [0.2, 0.25) is 5.91 Å². The Kier molecular flexibility index (Phi) is 3.91. The van der Waals surface area contributed by atoms with E-state index >= 15 is 0 Å². The summed E-state index contributed by atoms with van der Waals surface area (Å²) >= 11 is 5.95. The minimum Gasteiger partial charge on any atom is -0.456 e. The number of aryl methyl sites for hydroxylation is 1. The molecule has 0 saturated heterocycles. The summed E-state index contributed by atoms with van der Waals surface area (Å²) in [6.45, 7) is 1.67. The van der Waals surface area contributed by atoms with Gasteiger partial charge in [0, 0.05) is 16.9 Å². The van der Waals surface area contributed by atoms with E-state index in [1.54, 1.807) is 12.1 Å². The van der Waals surface area contributed by atoms with Gasteiger partial charge in [-0.15, -0.1) is 0 Å². The molecule has 2 aromatic carbocycles. The van der Waals surface area contributed by atoms with Crippen molar-refractivity contribution in [2.75, 3.05) is 16.8 Å². The van der Waals surface area contributed by atoms with Crippen LogP contribution in [0.25, 0.3) is 0 Å². The Morgan fingerprint density at radius 2 is 2.06 bits per heavy atom. The number of rotatable bonds is 1. The number of nitrogens with two attached hydrogens (primary N) is 1. The first-order valence-electron chi connectivity index (χ1n) is 9.29. The second-order valence-electron chi connectivity index (χ2n) is 7.46. The van der Waals surface area contributed by atoms with Crippen molar-refractivity contribution in [2.45, 2.75) is 12.3 Å². The molecule has 0 unspecified atom stereocenters. The zero-order valence-corrected chi connectivity index (χ0v) is 16.9. The topological polar surface area (TPSA) is 108 Å². The summed E-state index contributed by atoms with van der Waals surface area (Å²) in [6, 6.07) is 11.2. The lowest BCUT2D eigenvalue weighted by Gasteiger charge is -2.38. The lowest BCUT2D eigenvalue weighted by atomic mass is 9.67. The first kappa shape index (κ1) is 19.2. The van der Waals surface area contributed by atoms with E-state index in [1.807, 2.05) is 19.1 Å². The number of nitriles is 1. The SMILES string of the molecule is Cc1ccc2c(c1)[C@@]1(C(=O)N2)C(C#N)=C(N)N(c2ccc(F)c(Cl)c2)C2=C1C(=O)OC2. The van der Waals surface area contributed by atoms with E-state index in [1.165, 1.54) is 17.0 Å². The van der Waals surface area contributed by atoms with Crippen LogP contribution >= 0.6 is 11.6 Å². The fourth-order valence-corrected chi connectivity index (χ4v) is 4.66. The van der Waals surface area contributed by atoms with E-state index in [0.717, 1.165) is 11.6 Å². The summed E-state index contributed by atoms with van der Waals surface area (Å²) in [5.41, 5.74) is 7.01. The average Bonchev–Trinajstić information content (AvgIpc) is 3.24. The highest BCUT2D eigenvalue weighted by Gasteiger charge is 2.62. The van der Waals surface area contributed by atoms with Crippen LogP contribution in [0.5, 0.6) is 0 Å². The number of nitrogens with zero attached hydrogens (tertiary/aromatic N) is 2. The zero-order valence-electron chi connectivity index (χ0n) is 16.1. The van der Waals surface area contributed by atoms with E-state index in [0.29, 0.717) is 22.6 Å². The Bertz CT molecular complexity index is 1330.